The Morgan fingerprint density at radius 1 is 0.818 bits per heavy atom. The highest BCUT2D eigenvalue weighted by atomic mass is 16.5. The minimum absolute atomic E-state index is 0.218. The van der Waals surface area contributed by atoms with Gasteiger partial charge >= 0.3 is 5.69 Å². The summed E-state index contributed by atoms with van der Waals surface area (Å²) in [5.41, 5.74) is 1.38. The molecule has 0 amide bonds. The molecule has 0 unspecified atom stereocenters. The lowest BCUT2D eigenvalue weighted by molar-refractivity contribution is 0.354. The van der Waals surface area contributed by atoms with Crippen molar-refractivity contribution in [2.45, 2.75) is 19.5 Å². The van der Waals surface area contributed by atoms with E-state index >= 15 is 0 Å². The number of pyridine rings is 1. The fraction of sp³-hybridized carbons (Fsp3) is 0.240. The Hall–Kier alpha value is -4.07. The summed E-state index contributed by atoms with van der Waals surface area (Å²) in [6, 6.07) is 16.4. The topological polar surface area (TPSA) is 84.6 Å². The number of benzene rings is 2. The number of fused-ring (bicyclic) bond motifs is 1. The van der Waals surface area contributed by atoms with Crippen molar-refractivity contribution in [3.8, 4) is 17.2 Å². The van der Waals surface area contributed by atoms with E-state index < -0.39 is 5.69 Å². The Morgan fingerprint density at radius 2 is 1.64 bits per heavy atom. The predicted molar refractivity (Wildman–Crippen MR) is 126 cm³/mol. The van der Waals surface area contributed by atoms with E-state index in [0.717, 1.165) is 11.1 Å². The van der Waals surface area contributed by atoms with Crippen molar-refractivity contribution in [2.24, 2.45) is 0 Å². The lowest BCUT2D eigenvalue weighted by atomic mass is 10.1. The number of nitrogens with zero attached hydrogens (tertiary/aromatic N) is 3. The second kappa shape index (κ2) is 9.60. The molecule has 2 heterocycles. The van der Waals surface area contributed by atoms with Gasteiger partial charge in [-0.15, -0.1) is 0 Å². The van der Waals surface area contributed by atoms with Crippen molar-refractivity contribution < 1.29 is 14.2 Å². The lowest BCUT2D eigenvalue weighted by Crippen LogP contribution is -2.41. The normalized spacial score (nSPS) is 10.9. The van der Waals surface area contributed by atoms with Crippen molar-refractivity contribution in [3.05, 3.63) is 92.8 Å². The molecule has 0 spiro atoms. The maximum Gasteiger partial charge on any atom is 0.332 e. The van der Waals surface area contributed by atoms with Crippen molar-refractivity contribution in [3.63, 3.8) is 0 Å². The molecule has 0 radical (unpaired) electrons. The third-order valence-corrected chi connectivity index (χ3v) is 5.53. The minimum atomic E-state index is -0.408. The summed E-state index contributed by atoms with van der Waals surface area (Å²) in [7, 11) is 4.74. The monoisotopic (exact) mass is 447 g/mol. The Kier molecular flexibility index (Phi) is 6.44. The summed E-state index contributed by atoms with van der Waals surface area (Å²) >= 11 is 0. The summed E-state index contributed by atoms with van der Waals surface area (Å²) in [4.78, 5) is 30.9. The lowest BCUT2D eigenvalue weighted by Gasteiger charge is -2.14. The quantitative estimate of drug-likeness (QED) is 0.413. The molecule has 170 valence electrons. The Labute approximate surface area is 190 Å². The maximum atomic E-state index is 13.4. The molecule has 0 aliphatic heterocycles. The van der Waals surface area contributed by atoms with E-state index in [4.69, 9.17) is 14.2 Å². The fourth-order valence-electron chi connectivity index (χ4n) is 3.82. The molecule has 0 bridgehead atoms. The minimum Gasteiger partial charge on any atom is -0.497 e. The number of hydrogen-bond acceptors (Lipinski definition) is 6. The summed E-state index contributed by atoms with van der Waals surface area (Å²) in [6.07, 6.45) is 2.05. The predicted octanol–water partition coefficient (Wildman–Crippen LogP) is 2.88. The molecule has 0 fully saturated rings. The zero-order valence-electron chi connectivity index (χ0n) is 18.8. The van der Waals surface area contributed by atoms with Crippen LogP contribution < -0.4 is 25.5 Å². The molecular formula is C25H25N3O5. The first-order valence-electron chi connectivity index (χ1n) is 10.5. The van der Waals surface area contributed by atoms with Gasteiger partial charge in [-0.1, -0.05) is 18.2 Å². The van der Waals surface area contributed by atoms with Crippen LogP contribution in [0.3, 0.4) is 0 Å². The van der Waals surface area contributed by atoms with Gasteiger partial charge in [0.05, 0.1) is 33.3 Å². The summed E-state index contributed by atoms with van der Waals surface area (Å²) in [5.74, 6) is 1.91. The molecule has 0 saturated carbocycles. The van der Waals surface area contributed by atoms with E-state index in [1.807, 2.05) is 42.5 Å². The SMILES string of the molecule is COc1cccc(Cn2c(=O)n(CCc3ccc(OC)c(OC)c3)c(=O)c3cccnc32)c1. The van der Waals surface area contributed by atoms with Crippen LogP contribution in [0, 0.1) is 0 Å². The molecular weight excluding hydrogens is 422 g/mol. The van der Waals surface area contributed by atoms with Crippen molar-refractivity contribution in [2.75, 3.05) is 21.3 Å². The van der Waals surface area contributed by atoms with Crippen molar-refractivity contribution in [1.82, 2.24) is 14.1 Å². The average molecular weight is 447 g/mol. The van der Waals surface area contributed by atoms with Crippen LogP contribution in [0.15, 0.2) is 70.4 Å². The van der Waals surface area contributed by atoms with Crippen molar-refractivity contribution >= 4 is 11.0 Å². The molecule has 0 aliphatic rings. The average Bonchev–Trinajstić information content (AvgIpc) is 2.86. The van der Waals surface area contributed by atoms with Gasteiger partial charge in [-0.05, 0) is 53.9 Å². The van der Waals surface area contributed by atoms with Crippen LogP contribution in [-0.2, 0) is 19.5 Å². The van der Waals surface area contributed by atoms with Gasteiger partial charge in [-0.3, -0.25) is 13.9 Å². The zero-order chi connectivity index (χ0) is 23.4. The highest BCUT2D eigenvalue weighted by Crippen LogP contribution is 2.27. The molecule has 4 aromatic rings. The first-order chi connectivity index (χ1) is 16.0. The second-order valence-electron chi connectivity index (χ2n) is 7.49. The Balaban J connectivity index is 1.74. The van der Waals surface area contributed by atoms with E-state index in [2.05, 4.69) is 4.98 Å². The second-order valence-corrected chi connectivity index (χ2v) is 7.49. The van der Waals surface area contributed by atoms with Crippen LogP contribution in [0.1, 0.15) is 11.1 Å². The van der Waals surface area contributed by atoms with Gasteiger partial charge in [-0.2, -0.15) is 0 Å². The largest absolute Gasteiger partial charge is 0.497 e. The number of methoxy groups -OCH3 is 3. The van der Waals surface area contributed by atoms with Crippen LogP contribution in [0.5, 0.6) is 17.2 Å². The summed E-state index contributed by atoms with van der Waals surface area (Å²) in [6.45, 7) is 0.482. The van der Waals surface area contributed by atoms with E-state index in [9.17, 15) is 9.59 Å². The van der Waals surface area contributed by atoms with Crippen LogP contribution in [0.4, 0.5) is 0 Å². The number of rotatable bonds is 8. The number of ether oxygens (including phenoxy) is 3. The van der Waals surface area contributed by atoms with Gasteiger partial charge < -0.3 is 14.2 Å². The third-order valence-electron chi connectivity index (χ3n) is 5.53. The molecule has 0 N–H and O–H groups in total. The van der Waals surface area contributed by atoms with Crippen LogP contribution in [-0.4, -0.2) is 35.4 Å². The molecule has 0 saturated heterocycles. The van der Waals surface area contributed by atoms with E-state index in [0.29, 0.717) is 34.7 Å². The maximum absolute atomic E-state index is 13.4. The smallest absolute Gasteiger partial charge is 0.332 e. The number of aryl methyl sites for hydroxylation is 1. The first kappa shape index (κ1) is 22.1. The van der Waals surface area contributed by atoms with Gasteiger partial charge in [0.15, 0.2) is 11.5 Å². The molecule has 0 aliphatic carbocycles. The van der Waals surface area contributed by atoms with Gasteiger partial charge in [0.25, 0.3) is 5.56 Å². The highest BCUT2D eigenvalue weighted by Gasteiger charge is 2.15. The standard InChI is InChI=1S/C25H25N3O5/c1-31-19-7-4-6-18(14-19)16-28-23-20(8-5-12-26-23)24(29)27(25(28)30)13-11-17-9-10-21(32-2)22(15-17)33-3/h4-10,12,14-15H,11,13,16H2,1-3H3. The van der Waals surface area contributed by atoms with E-state index in [1.54, 1.807) is 39.7 Å². The van der Waals surface area contributed by atoms with Gasteiger partial charge in [0.2, 0.25) is 0 Å². The van der Waals surface area contributed by atoms with E-state index in [1.165, 1.54) is 9.13 Å². The number of aromatic nitrogens is 3. The van der Waals surface area contributed by atoms with Crippen molar-refractivity contribution in [1.29, 1.82) is 0 Å². The van der Waals surface area contributed by atoms with Gasteiger partial charge in [0, 0.05) is 12.7 Å². The van der Waals surface area contributed by atoms with Gasteiger partial charge in [0.1, 0.15) is 11.4 Å². The van der Waals surface area contributed by atoms with E-state index in [-0.39, 0.29) is 18.6 Å². The number of hydrogen-bond donors (Lipinski definition) is 0. The molecule has 8 nitrogen and oxygen atoms in total. The molecule has 0 atom stereocenters. The molecule has 2 aromatic heterocycles. The zero-order valence-corrected chi connectivity index (χ0v) is 18.8. The highest BCUT2D eigenvalue weighted by molar-refractivity contribution is 5.73. The third kappa shape index (κ3) is 4.45. The first-order valence-corrected chi connectivity index (χ1v) is 10.5. The van der Waals surface area contributed by atoms with Crippen LogP contribution in [0.25, 0.3) is 11.0 Å². The van der Waals surface area contributed by atoms with Crippen LogP contribution in [0.2, 0.25) is 0 Å². The summed E-state index contributed by atoms with van der Waals surface area (Å²) in [5, 5.41) is 0.396. The molecule has 2 aromatic carbocycles. The Morgan fingerprint density at radius 3 is 2.39 bits per heavy atom. The molecule has 33 heavy (non-hydrogen) atoms. The molecule has 4 rings (SSSR count). The van der Waals surface area contributed by atoms with Gasteiger partial charge in [-0.25, -0.2) is 9.78 Å². The fourth-order valence-corrected chi connectivity index (χ4v) is 3.82. The van der Waals surface area contributed by atoms with Crippen LogP contribution >= 0.6 is 0 Å². The molecule has 8 heteroatoms. The Bertz CT molecular complexity index is 1410. The summed E-state index contributed by atoms with van der Waals surface area (Å²) < 4.78 is 18.7.